The van der Waals surface area contributed by atoms with Gasteiger partial charge >= 0.3 is 0 Å². The first kappa shape index (κ1) is 9.46. The summed E-state index contributed by atoms with van der Waals surface area (Å²) in [5.74, 6) is 0.865. The van der Waals surface area contributed by atoms with Crippen LogP contribution in [0.15, 0.2) is 0 Å². The van der Waals surface area contributed by atoms with E-state index in [1.54, 1.807) is 0 Å². The van der Waals surface area contributed by atoms with E-state index in [-0.39, 0.29) is 5.41 Å². The Morgan fingerprint density at radius 1 is 1.08 bits per heavy atom. The SMILES string of the molecule is O=S1(=O)CCCC2(CCNCC2)C1. The van der Waals surface area contributed by atoms with E-state index in [2.05, 4.69) is 5.32 Å². The summed E-state index contributed by atoms with van der Waals surface area (Å²) in [7, 11) is -2.72. The van der Waals surface area contributed by atoms with Crippen molar-refractivity contribution in [2.24, 2.45) is 5.41 Å². The van der Waals surface area contributed by atoms with E-state index in [9.17, 15) is 8.42 Å². The summed E-state index contributed by atoms with van der Waals surface area (Å²) in [5.41, 5.74) is 0.141. The lowest BCUT2D eigenvalue weighted by Crippen LogP contribution is -2.44. The van der Waals surface area contributed by atoms with Crippen LogP contribution in [0.25, 0.3) is 0 Å². The van der Waals surface area contributed by atoms with E-state index in [4.69, 9.17) is 0 Å². The molecule has 4 heteroatoms. The van der Waals surface area contributed by atoms with Gasteiger partial charge in [0.05, 0.1) is 11.5 Å². The predicted octanol–water partition coefficient (Wildman–Crippen LogP) is 0.565. The topological polar surface area (TPSA) is 46.2 Å². The molecule has 2 fully saturated rings. The maximum absolute atomic E-state index is 11.5. The van der Waals surface area contributed by atoms with Crippen LogP contribution < -0.4 is 5.32 Å². The third-order valence-electron chi connectivity index (χ3n) is 3.35. The molecular formula is C9H17NO2S. The Hall–Kier alpha value is -0.0900. The van der Waals surface area contributed by atoms with Crippen LogP contribution in [0.5, 0.6) is 0 Å². The Labute approximate surface area is 79.8 Å². The van der Waals surface area contributed by atoms with Gasteiger partial charge in [-0.1, -0.05) is 0 Å². The van der Waals surface area contributed by atoms with Crippen LogP contribution in [0, 0.1) is 5.41 Å². The van der Waals surface area contributed by atoms with Gasteiger partial charge in [-0.05, 0) is 44.2 Å². The molecule has 0 amide bonds. The first-order chi connectivity index (χ1) is 6.12. The Balaban J connectivity index is 2.13. The third kappa shape index (κ3) is 2.05. The fourth-order valence-electron chi connectivity index (χ4n) is 2.63. The molecule has 2 aliphatic rings. The summed E-state index contributed by atoms with van der Waals surface area (Å²) < 4.78 is 23.0. The minimum Gasteiger partial charge on any atom is -0.317 e. The van der Waals surface area contributed by atoms with Gasteiger partial charge in [-0.15, -0.1) is 0 Å². The number of nitrogens with one attached hydrogen (secondary N) is 1. The monoisotopic (exact) mass is 203 g/mol. The van der Waals surface area contributed by atoms with Gasteiger partial charge < -0.3 is 5.32 Å². The second-order valence-electron chi connectivity index (χ2n) is 4.45. The lowest BCUT2D eigenvalue weighted by Gasteiger charge is -2.40. The van der Waals surface area contributed by atoms with Crippen molar-refractivity contribution in [3.8, 4) is 0 Å². The van der Waals surface area contributed by atoms with Crippen molar-refractivity contribution in [3.05, 3.63) is 0 Å². The molecule has 0 saturated carbocycles. The molecule has 0 radical (unpaired) electrons. The first-order valence-electron chi connectivity index (χ1n) is 5.03. The van der Waals surface area contributed by atoms with Gasteiger partial charge in [0, 0.05) is 0 Å². The lowest BCUT2D eigenvalue weighted by molar-refractivity contribution is 0.206. The Kier molecular flexibility index (Phi) is 2.36. The maximum atomic E-state index is 11.5. The molecule has 76 valence electrons. The molecule has 13 heavy (non-hydrogen) atoms. The standard InChI is InChI=1S/C9H17NO2S/c11-13(12)7-1-2-9(8-13)3-5-10-6-4-9/h10H,1-8H2. The van der Waals surface area contributed by atoms with Crippen molar-refractivity contribution >= 4 is 9.84 Å². The molecular weight excluding hydrogens is 186 g/mol. The summed E-state index contributed by atoms with van der Waals surface area (Å²) >= 11 is 0. The fraction of sp³-hybridized carbons (Fsp3) is 1.00. The summed E-state index contributed by atoms with van der Waals surface area (Å²) in [4.78, 5) is 0. The summed E-state index contributed by atoms with van der Waals surface area (Å²) in [5, 5.41) is 3.29. The highest BCUT2D eigenvalue weighted by molar-refractivity contribution is 7.91. The largest absolute Gasteiger partial charge is 0.317 e. The van der Waals surface area contributed by atoms with Crippen LogP contribution in [-0.4, -0.2) is 33.0 Å². The molecule has 0 aromatic rings. The van der Waals surface area contributed by atoms with Gasteiger partial charge in [0.2, 0.25) is 0 Å². The number of hydrogen-bond acceptors (Lipinski definition) is 3. The first-order valence-corrected chi connectivity index (χ1v) is 6.85. The molecule has 0 unspecified atom stereocenters. The molecule has 2 saturated heterocycles. The van der Waals surface area contributed by atoms with Crippen LogP contribution in [0.2, 0.25) is 0 Å². The zero-order chi connectivity index (χ0) is 9.36. The fourth-order valence-corrected chi connectivity index (χ4v) is 4.72. The number of piperidine rings is 1. The molecule has 0 bridgehead atoms. The van der Waals surface area contributed by atoms with Crippen molar-refractivity contribution in [3.63, 3.8) is 0 Å². The van der Waals surface area contributed by atoms with Crippen molar-refractivity contribution in [2.75, 3.05) is 24.6 Å². The van der Waals surface area contributed by atoms with Crippen LogP contribution in [0.3, 0.4) is 0 Å². The van der Waals surface area contributed by atoms with Crippen molar-refractivity contribution in [2.45, 2.75) is 25.7 Å². The molecule has 0 aromatic carbocycles. The van der Waals surface area contributed by atoms with E-state index in [0.717, 1.165) is 38.8 Å². The van der Waals surface area contributed by atoms with Gasteiger partial charge in [-0.2, -0.15) is 0 Å². The molecule has 2 aliphatic heterocycles. The smallest absolute Gasteiger partial charge is 0.150 e. The minimum absolute atomic E-state index is 0.141. The molecule has 0 aliphatic carbocycles. The second-order valence-corrected chi connectivity index (χ2v) is 6.63. The average Bonchev–Trinajstić information content (AvgIpc) is 2.03. The molecule has 1 N–H and O–H groups in total. The molecule has 0 aromatic heterocycles. The van der Waals surface area contributed by atoms with Gasteiger partial charge in [-0.3, -0.25) is 0 Å². The molecule has 1 spiro atoms. The van der Waals surface area contributed by atoms with E-state index in [1.165, 1.54) is 0 Å². The molecule has 0 atom stereocenters. The van der Waals surface area contributed by atoms with Gasteiger partial charge in [0.25, 0.3) is 0 Å². The molecule has 3 nitrogen and oxygen atoms in total. The average molecular weight is 203 g/mol. The van der Waals surface area contributed by atoms with E-state index in [0.29, 0.717) is 11.5 Å². The van der Waals surface area contributed by atoms with Gasteiger partial charge in [-0.25, -0.2) is 8.42 Å². The predicted molar refractivity (Wildman–Crippen MR) is 52.4 cm³/mol. The highest BCUT2D eigenvalue weighted by Crippen LogP contribution is 2.38. The normalized spacial score (nSPS) is 31.7. The summed E-state index contributed by atoms with van der Waals surface area (Å²) in [6.07, 6.45) is 4.09. The van der Waals surface area contributed by atoms with Crippen LogP contribution in [0.1, 0.15) is 25.7 Å². The second kappa shape index (κ2) is 3.24. The lowest BCUT2D eigenvalue weighted by atomic mass is 9.77. The summed E-state index contributed by atoms with van der Waals surface area (Å²) in [6, 6.07) is 0. The quantitative estimate of drug-likeness (QED) is 0.626. The van der Waals surface area contributed by atoms with Crippen LogP contribution >= 0.6 is 0 Å². The zero-order valence-electron chi connectivity index (χ0n) is 7.88. The van der Waals surface area contributed by atoms with E-state index in [1.807, 2.05) is 0 Å². The third-order valence-corrected chi connectivity index (χ3v) is 5.32. The van der Waals surface area contributed by atoms with Crippen molar-refractivity contribution < 1.29 is 8.42 Å². The number of rotatable bonds is 0. The summed E-state index contributed by atoms with van der Waals surface area (Å²) in [6.45, 7) is 1.99. The van der Waals surface area contributed by atoms with Gasteiger partial charge in [0.1, 0.15) is 0 Å². The number of hydrogen-bond donors (Lipinski definition) is 1. The zero-order valence-corrected chi connectivity index (χ0v) is 8.70. The Morgan fingerprint density at radius 3 is 2.38 bits per heavy atom. The molecule has 2 heterocycles. The number of sulfone groups is 1. The van der Waals surface area contributed by atoms with Crippen molar-refractivity contribution in [1.82, 2.24) is 5.32 Å². The maximum Gasteiger partial charge on any atom is 0.150 e. The van der Waals surface area contributed by atoms with Crippen LogP contribution in [-0.2, 0) is 9.84 Å². The van der Waals surface area contributed by atoms with Crippen molar-refractivity contribution in [1.29, 1.82) is 0 Å². The van der Waals surface area contributed by atoms with E-state index < -0.39 is 9.84 Å². The highest BCUT2D eigenvalue weighted by atomic mass is 32.2. The van der Waals surface area contributed by atoms with E-state index >= 15 is 0 Å². The van der Waals surface area contributed by atoms with Crippen LogP contribution in [0.4, 0.5) is 0 Å². The van der Waals surface area contributed by atoms with Gasteiger partial charge in [0.15, 0.2) is 9.84 Å². The Morgan fingerprint density at radius 2 is 1.77 bits per heavy atom. The molecule has 2 rings (SSSR count). The minimum atomic E-state index is -2.72. The highest BCUT2D eigenvalue weighted by Gasteiger charge is 2.39. The Bertz CT molecular complexity index is 272.